The molecule has 0 radical (unpaired) electrons. The van der Waals surface area contributed by atoms with E-state index in [-0.39, 0.29) is 23.6 Å². The second-order valence-corrected chi connectivity index (χ2v) is 10.8. The molecule has 1 unspecified atom stereocenters. The second-order valence-electron chi connectivity index (χ2n) is 10.8. The lowest BCUT2D eigenvalue weighted by Gasteiger charge is -2.26. The number of hydrogen-bond donors (Lipinski definition) is 0. The van der Waals surface area contributed by atoms with E-state index >= 15 is 0 Å². The number of amides is 1. The lowest BCUT2D eigenvalue weighted by atomic mass is 9.96. The van der Waals surface area contributed by atoms with Crippen LogP contribution in [0.2, 0.25) is 0 Å². The first-order valence-corrected chi connectivity index (χ1v) is 13.5. The summed E-state index contributed by atoms with van der Waals surface area (Å²) in [5.74, 6) is 2.16. The standard InChI is InChI=1S/C33H35NO6/c1-19(2)13-14-39-26-12-9-23(17-27(26)38-6)29-28-30(35)25-16-20(3)15-21(4)31(25)40-32(28)33(36)34(29)18-22-7-10-24(37-5)11-8-22/h7-12,15-17,19,29H,13-14,18H2,1-6H3. The van der Waals surface area contributed by atoms with Gasteiger partial charge in [0.25, 0.3) is 5.91 Å². The van der Waals surface area contributed by atoms with Crippen LogP contribution >= 0.6 is 0 Å². The maximum atomic E-state index is 14.1. The van der Waals surface area contributed by atoms with Crippen LogP contribution in [0.4, 0.5) is 0 Å². The molecule has 1 aliphatic rings. The van der Waals surface area contributed by atoms with Gasteiger partial charge in [-0.3, -0.25) is 9.59 Å². The minimum absolute atomic E-state index is 0.0826. The number of fused-ring (bicyclic) bond motifs is 2. The maximum Gasteiger partial charge on any atom is 0.291 e. The molecule has 5 rings (SSSR count). The molecule has 1 aliphatic heterocycles. The monoisotopic (exact) mass is 541 g/mol. The first kappa shape index (κ1) is 27.3. The van der Waals surface area contributed by atoms with E-state index in [9.17, 15) is 9.59 Å². The third kappa shape index (κ3) is 5.04. The second kappa shape index (κ2) is 11.1. The van der Waals surface area contributed by atoms with Gasteiger partial charge in [-0.15, -0.1) is 0 Å². The van der Waals surface area contributed by atoms with Crippen molar-refractivity contribution in [3.8, 4) is 17.2 Å². The number of rotatable bonds is 9. The molecule has 1 atom stereocenters. The van der Waals surface area contributed by atoms with Crippen LogP contribution in [0.5, 0.6) is 17.2 Å². The fraction of sp³-hybridized carbons (Fsp3) is 0.333. The van der Waals surface area contributed by atoms with Crippen LogP contribution in [-0.2, 0) is 6.54 Å². The third-order valence-corrected chi connectivity index (χ3v) is 7.37. The first-order chi connectivity index (χ1) is 19.2. The predicted octanol–water partition coefficient (Wildman–Crippen LogP) is 6.60. The smallest absolute Gasteiger partial charge is 0.291 e. The number of nitrogens with zero attached hydrogens (tertiary/aromatic N) is 1. The number of benzene rings is 3. The number of carbonyl (C=O) groups excluding carboxylic acids is 1. The van der Waals surface area contributed by atoms with Crippen molar-refractivity contribution in [2.45, 2.75) is 46.7 Å². The normalized spacial score (nSPS) is 14.6. The van der Waals surface area contributed by atoms with E-state index in [4.69, 9.17) is 18.6 Å². The molecule has 0 saturated carbocycles. The number of hydrogen-bond acceptors (Lipinski definition) is 6. The summed E-state index contributed by atoms with van der Waals surface area (Å²) in [5.41, 5.74) is 4.00. The first-order valence-electron chi connectivity index (χ1n) is 13.5. The van der Waals surface area contributed by atoms with Gasteiger partial charge < -0.3 is 23.5 Å². The van der Waals surface area contributed by atoms with Crippen LogP contribution in [0.15, 0.2) is 63.8 Å². The molecular weight excluding hydrogens is 506 g/mol. The van der Waals surface area contributed by atoms with E-state index in [1.165, 1.54) is 0 Å². The summed E-state index contributed by atoms with van der Waals surface area (Å²) in [5, 5.41) is 0.473. The molecule has 7 heteroatoms. The molecule has 1 amide bonds. The van der Waals surface area contributed by atoms with E-state index in [0.29, 0.717) is 40.6 Å². The van der Waals surface area contributed by atoms with Gasteiger partial charge in [0.2, 0.25) is 5.76 Å². The highest BCUT2D eigenvalue weighted by molar-refractivity contribution is 5.99. The predicted molar refractivity (Wildman–Crippen MR) is 155 cm³/mol. The molecule has 1 aromatic heterocycles. The van der Waals surface area contributed by atoms with Gasteiger partial charge in [-0.1, -0.05) is 38.1 Å². The summed E-state index contributed by atoms with van der Waals surface area (Å²) in [6, 6.07) is 16.2. The van der Waals surface area contributed by atoms with E-state index in [1.54, 1.807) is 19.1 Å². The van der Waals surface area contributed by atoms with Gasteiger partial charge in [0, 0.05) is 6.54 Å². The topological polar surface area (TPSA) is 78.2 Å². The Kier molecular flexibility index (Phi) is 7.57. The number of ether oxygens (including phenoxy) is 3. The van der Waals surface area contributed by atoms with Gasteiger partial charge in [0.15, 0.2) is 16.9 Å². The van der Waals surface area contributed by atoms with Crippen molar-refractivity contribution in [3.63, 3.8) is 0 Å². The Morgan fingerprint density at radius 3 is 2.35 bits per heavy atom. The quantitative estimate of drug-likeness (QED) is 0.238. The summed E-state index contributed by atoms with van der Waals surface area (Å²) in [4.78, 5) is 29.7. The fourth-order valence-electron chi connectivity index (χ4n) is 5.29. The average Bonchev–Trinajstić information content (AvgIpc) is 3.21. The summed E-state index contributed by atoms with van der Waals surface area (Å²) < 4.78 is 23.2. The molecule has 40 heavy (non-hydrogen) atoms. The molecule has 0 fully saturated rings. The van der Waals surface area contributed by atoms with Crippen molar-refractivity contribution in [3.05, 3.63) is 98.4 Å². The molecule has 2 heterocycles. The minimum Gasteiger partial charge on any atom is -0.497 e. The summed E-state index contributed by atoms with van der Waals surface area (Å²) >= 11 is 0. The van der Waals surface area contributed by atoms with Gasteiger partial charge in [-0.25, -0.2) is 0 Å². The van der Waals surface area contributed by atoms with Crippen molar-refractivity contribution in [2.75, 3.05) is 20.8 Å². The van der Waals surface area contributed by atoms with Crippen molar-refractivity contribution in [2.24, 2.45) is 5.92 Å². The van der Waals surface area contributed by atoms with Crippen molar-refractivity contribution < 1.29 is 23.4 Å². The molecule has 0 spiro atoms. The van der Waals surface area contributed by atoms with Crippen molar-refractivity contribution >= 4 is 16.9 Å². The maximum absolute atomic E-state index is 14.1. The molecule has 208 valence electrons. The number of aryl methyl sites for hydroxylation is 2. The van der Waals surface area contributed by atoms with Crippen LogP contribution in [-0.4, -0.2) is 31.6 Å². The number of carbonyl (C=O) groups is 1. The lowest BCUT2D eigenvalue weighted by Crippen LogP contribution is -2.29. The van der Waals surface area contributed by atoms with Gasteiger partial charge in [0.05, 0.1) is 37.8 Å². The Labute approximate surface area is 234 Å². The van der Waals surface area contributed by atoms with E-state index in [0.717, 1.165) is 34.4 Å². The molecule has 0 saturated heterocycles. The summed E-state index contributed by atoms with van der Waals surface area (Å²) in [6.07, 6.45) is 0.915. The Hall–Kier alpha value is -4.26. The van der Waals surface area contributed by atoms with Gasteiger partial charge in [-0.05, 0) is 78.8 Å². The lowest BCUT2D eigenvalue weighted by molar-refractivity contribution is 0.0714. The fourth-order valence-corrected chi connectivity index (χ4v) is 5.29. The minimum atomic E-state index is -0.662. The van der Waals surface area contributed by atoms with Crippen molar-refractivity contribution in [1.29, 1.82) is 0 Å². The van der Waals surface area contributed by atoms with Crippen LogP contribution in [0.3, 0.4) is 0 Å². The zero-order valence-corrected chi connectivity index (χ0v) is 23.9. The molecule has 0 N–H and O–H groups in total. The average molecular weight is 542 g/mol. The Morgan fingerprint density at radius 1 is 0.925 bits per heavy atom. The highest BCUT2D eigenvalue weighted by Gasteiger charge is 2.43. The van der Waals surface area contributed by atoms with Crippen molar-refractivity contribution in [1.82, 2.24) is 4.90 Å². The van der Waals surface area contributed by atoms with Gasteiger partial charge >= 0.3 is 0 Å². The molecule has 0 bridgehead atoms. The molecule has 0 aliphatic carbocycles. The summed E-state index contributed by atoms with van der Waals surface area (Å²) in [7, 11) is 3.20. The van der Waals surface area contributed by atoms with E-state index < -0.39 is 6.04 Å². The highest BCUT2D eigenvalue weighted by Crippen LogP contribution is 2.42. The SMILES string of the molecule is COc1ccc(CN2C(=O)c3oc4c(C)cc(C)cc4c(=O)c3C2c2ccc(OCCC(C)C)c(OC)c2)cc1. The van der Waals surface area contributed by atoms with Crippen LogP contribution in [0.25, 0.3) is 11.0 Å². The van der Waals surface area contributed by atoms with Crippen LogP contribution in [0, 0.1) is 19.8 Å². The van der Waals surface area contributed by atoms with Gasteiger partial charge in [-0.2, -0.15) is 0 Å². The highest BCUT2D eigenvalue weighted by atomic mass is 16.5. The van der Waals surface area contributed by atoms with Gasteiger partial charge in [0.1, 0.15) is 11.3 Å². The van der Waals surface area contributed by atoms with Crippen LogP contribution in [0.1, 0.15) is 64.7 Å². The summed E-state index contributed by atoms with van der Waals surface area (Å²) in [6.45, 7) is 8.97. The third-order valence-electron chi connectivity index (χ3n) is 7.37. The zero-order chi connectivity index (χ0) is 28.6. The molecule has 4 aromatic rings. The van der Waals surface area contributed by atoms with E-state index in [2.05, 4.69) is 13.8 Å². The Bertz CT molecular complexity index is 1620. The number of methoxy groups -OCH3 is 2. The Balaban J connectivity index is 1.64. The van der Waals surface area contributed by atoms with Crippen LogP contribution < -0.4 is 19.6 Å². The van der Waals surface area contributed by atoms with E-state index in [1.807, 2.05) is 68.4 Å². The Morgan fingerprint density at radius 2 is 1.68 bits per heavy atom. The molecule has 7 nitrogen and oxygen atoms in total. The molecule has 3 aromatic carbocycles. The largest absolute Gasteiger partial charge is 0.497 e. The molecular formula is C33H35NO6. The zero-order valence-electron chi connectivity index (χ0n) is 23.9.